The minimum atomic E-state index is -3.87. The van der Waals surface area contributed by atoms with Crippen LogP contribution in [-0.4, -0.2) is 102 Å². The lowest BCUT2D eigenvalue weighted by Crippen LogP contribution is -2.40. The van der Waals surface area contributed by atoms with E-state index in [0.29, 0.717) is 61.2 Å². The SMILES string of the molecule is CCn1nnc(C2OC(n3cnc4c(NCC(c5ccccc5)c5ccccc5)nc(N5CCC(NC(=O)Nc6ccc(S(N)(=O)=O)cc6)C5)nc43)C(O)C2O)n1. The number of primary sulfonamides is 1. The highest BCUT2D eigenvalue weighted by atomic mass is 32.2. The maximum Gasteiger partial charge on any atom is 0.319 e. The second-order valence-electron chi connectivity index (χ2n) is 13.8. The number of urea groups is 1. The number of nitrogens with zero attached hydrogens (tertiary/aromatic N) is 9. The molecular weight excluding hydrogens is 755 g/mol. The average Bonchev–Trinajstić information content (AvgIpc) is 4.03. The lowest BCUT2D eigenvalue weighted by molar-refractivity contribution is -0.0384. The fourth-order valence-corrected chi connectivity index (χ4v) is 7.62. The van der Waals surface area contributed by atoms with Crippen LogP contribution in [0.4, 0.5) is 22.2 Å². The maximum absolute atomic E-state index is 13.0. The van der Waals surface area contributed by atoms with Gasteiger partial charge in [0.25, 0.3) is 0 Å². The van der Waals surface area contributed by atoms with Crippen molar-refractivity contribution in [3.8, 4) is 0 Å². The number of sulfonamides is 1. The predicted molar refractivity (Wildman–Crippen MR) is 207 cm³/mol. The van der Waals surface area contributed by atoms with Gasteiger partial charge in [0.05, 0.1) is 17.8 Å². The third kappa shape index (κ3) is 7.98. The van der Waals surface area contributed by atoms with Crippen molar-refractivity contribution < 1.29 is 28.2 Å². The number of aliphatic hydroxyl groups is 2. The molecule has 0 radical (unpaired) electrons. The van der Waals surface area contributed by atoms with Gasteiger partial charge in [0.15, 0.2) is 29.3 Å². The van der Waals surface area contributed by atoms with Crippen LogP contribution >= 0.6 is 0 Å². The Bertz CT molecular complexity index is 2410. The van der Waals surface area contributed by atoms with Crippen LogP contribution in [-0.2, 0) is 21.3 Å². The third-order valence-corrected chi connectivity index (χ3v) is 11.0. The smallest absolute Gasteiger partial charge is 0.319 e. The summed E-state index contributed by atoms with van der Waals surface area (Å²) in [5, 5.41) is 49.0. The average molecular weight is 796 g/mol. The summed E-state index contributed by atoms with van der Waals surface area (Å²) in [4.78, 5) is 30.7. The number of nitrogens with two attached hydrogens (primary N) is 1. The lowest BCUT2D eigenvalue weighted by Gasteiger charge is -2.22. The number of aliphatic hydroxyl groups excluding tert-OH is 2. The summed E-state index contributed by atoms with van der Waals surface area (Å²) in [5.41, 5.74) is 3.37. The Hall–Kier alpha value is -6.06. The number of ether oxygens (including phenoxy) is 1. The highest BCUT2D eigenvalue weighted by molar-refractivity contribution is 7.89. The number of imidazole rings is 1. The number of nitrogens with one attached hydrogen (secondary N) is 3. The topological polar surface area (TPSA) is 253 Å². The van der Waals surface area contributed by atoms with Crippen LogP contribution in [0.3, 0.4) is 0 Å². The monoisotopic (exact) mass is 795 g/mol. The standard InChI is InChI=1S/C37H41N13O6S/c1-2-50-46-33(45-47-50)31-29(51)30(52)35(56-31)49-21-40-28-32(39-19-27(22-9-5-3-6-10-22)23-11-7-4-8-12-23)43-36(44-34(28)49)48-18-17-25(20-48)42-37(53)41-24-13-15-26(16-14-24)57(38,54)55/h3-16,21,25,27,29-31,35,51-52H,2,17-20H2,1H3,(H2,38,54,55)(H,39,43,44)(H2,41,42,53). The number of carbonyl (C=O) groups is 1. The number of rotatable bonds is 12. The zero-order valence-electron chi connectivity index (χ0n) is 30.7. The Labute approximate surface area is 327 Å². The van der Waals surface area contributed by atoms with Gasteiger partial charge in [-0.2, -0.15) is 14.8 Å². The van der Waals surface area contributed by atoms with E-state index in [4.69, 9.17) is 19.8 Å². The van der Waals surface area contributed by atoms with Crippen LogP contribution in [0.2, 0.25) is 0 Å². The van der Waals surface area contributed by atoms with E-state index < -0.39 is 40.6 Å². The molecule has 7 N–H and O–H groups in total. The highest BCUT2D eigenvalue weighted by Crippen LogP contribution is 2.39. The van der Waals surface area contributed by atoms with E-state index in [0.717, 1.165) is 11.1 Å². The van der Waals surface area contributed by atoms with Gasteiger partial charge in [-0.05, 0) is 54.0 Å². The largest absolute Gasteiger partial charge is 0.387 e. The molecular formula is C37H41N13O6S. The Morgan fingerprint density at radius 2 is 1.68 bits per heavy atom. The number of carbonyl (C=O) groups excluding carboxylic acids is 1. The van der Waals surface area contributed by atoms with E-state index in [2.05, 4.69) is 60.6 Å². The molecule has 5 heterocycles. The first kappa shape index (κ1) is 37.8. The van der Waals surface area contributed by atoms with E-state index in [1.54, 1.807) is 4.57 Å². The summed E-state index contributed by atoms with van der Waals surface area (Å²) in [6.45, 7) is 3.65. The van der Waals surface area contributed by atoms with Crippen molar-refractivity contribution in [2.45, 2.75) is 61.3 Å². The van der Waals surface area contributed by atoms with Gasteiger partial charge in [0.1, 0.15) is 12.2 Å². The minimum Gasteiger partial charge on any atom is -0.387 e. The van der Waals surface area contributed by atoms with Gasteiger partial charge in [0.2, 0.25) is 21.8 Å². The van der Waals surface area contributed by atoms with Crippen molar-refractivity contribution in [2.24, 2.45) is 5.14 Å². The zero-order valence-corrected chi connectivity index (χ0v) is 31.5. The lowest BCUT2D eigenvalue weighted by atomic mass is 9.91. The van der Waals surface area contributed by atoms with Gasteiger partial charge < -0.3 is 35.8 Å². The molecule has 3 aromatic heterocycles. The van der Waals surface area contributed by atoms with Gasteiger partial charge in [0, 0.05) is 37.3 Å². The number of aromatic nitrogens is 8. The van der Waals surface area contributed by atoms with Crippen molar-refractivity contribution in [2.75, 3.05) is 35.2 Å². The molecule has 19 nitrogen and oxygen atoms in total. The molecule has 2 fully saturated rings. The second-order valence-corrected chi connectivity index (χ2v) is 15.4. The molecule has 20 heteroatoms. The maximum atomic E-state index is 13.0. The van der Waals surface area contributed by atoms with Crippen molar-refractivity contribution in [1.29, 1.82) is 0 Å². The van der Waals surface area contributed by atoms with Crippen LogP contribution < -0.4 is 26.0 Å². The molecule has 6 aromatic rings. The molecule has 0 spiro atoms. The van der Waals surface area contributed by atoms with E-state index in [-0.39, 0.29) is 22.7 Å². The first-order chi connectivity index (χ1) is 27.6. The molecule has 2 aliphatic heterocycles. The molecule has 5 atom stereocenters. The Balaban J connectivity index is 1.07. The van der Waals surface area contributed by atoms with E-state index >= 15 is 0 Å². The summed E-state index contributed by atoms with van der Waals surface area (Å²) in [5.74, 6) is 0.890. The number of fused-ring (bicyclic) bond motifs is 1. The Morgan fingerprint density at radius 1 is 0.982 bits per heavy atom. The molecule has 3 aromatic carbocycles. The van der Waals surface area contributed by atoms with Gasteiger partial charge in [-0.3, -0.25) is 4.57 Å². The first-order valence-corrected chi connectivity index (χ1v) is 19.9. The number of benzene rings is 3. The Kier molecular flexibility index (Phi) is 10.5. The fraction of sp³-hybridized carbons (Fsp3) is 0.324. The third-order valence-electron chi connectivity index (χ3n) is 10.1. The van der Waals surface area contributed by atoms with Crippen molar-refractivity contribution >= 4 is 44.7 Å². The Morgan fingerprint density at radius 3 is 2.33 bits per heavy atom. The van der Waals surface area contributed by atoms with Gasteiger partial charge >= 0.3 is 6.03 Å². The normalized spacial score (nSPS) is 21.0. The quantitative estimate of drug-likeness (QED) is 0.104. The number of hydrogen-bond acceptors (Lipinski definition) is 14. The summed E-state index contributed by atoms with van der Waals surface area (Å²) in [6, 6.07) is 25.1. The van der Waals surface area contributed by atoms with Crippen LogP contribution in [0.25, 0.3) is 11.2 Å². The zero-order chi connectivity index (χ0) is 39.7. The van der Waals surface area contributed by atoms with Crippen molar-refractivity contribution in [3.05, 3.63) is 108 Å². The molecule has 2 aliphatic rings. The van der Waals surface area contributed by atoms with Gasteiger partial charge in [-0.15, -0.1) is 10.2 Å². The molecule has 57 heavy (non-hydrogen) atoms. The van der Waals surface area contributed by atoms with Crippen LogP contribution in [0.15, 0.2) is 96.2 Å². The molecule has 2 saturated heterocycles. The van der Waals surface area contributed by atoms with E-state index in [9.17, 15) is 23.4 Å². The van der Waals surface area contributed by atoms with Crippen molar-refractivity contribution in [1.82, 2.24) is 45.0 Å². The predicted octanol–water partition coefficient (Wildman–Crippen LogP) is 2.12. The number of tetrazole rings is 1. The highest BCUT2D eigenvalue weighted by Gasteiger charge is 2.47. The molecule has 5 unspecified atom stereocenters. The fourth-order valence-electron chi connectivity index (χ4n) is 7.10. The van der Waals surface area contributed by atoms with Crippen molar-refractivity contribution in [3.63, 3.8) is 0 Å². The van der Waals surface area contributed by atoms with Gasteiger partial charge in [-0.25, -0.2) is 23.3 Å². The molecule has 0 aliphatic carbocycles. The second kappa shape index (κ2) is 15.8. The van der Waals surface area contributed by atoms with Crippen LogP contribution in [0.5, 0.6) is 0 Å². The van der Waals surface area contributed by atoms with Crippen LogP contribution in [0.1, 0.15) is 48.5 Å². The van der Waals surface area contributed by atoms with E-state index in [1.165, 1.54) is 35.4 Å². The molecule has 2 amide bonds. The number of anilines is 3. The molecule has 296 valence electrons. The minimum absolute atomic E-state index is 0.0438. The molecule has 0 saturated carbocycles. The summed E-state index contributed by atoms with van der Waals surface area (Å²) in [6.07, 6.45) is -2.82. The molecule has 0 bridgehead atoms. The summed E-state index contributed by atoms with van der Waals surface area (Å²) >= 11 is 0. The number of aryl methyl sites for hydroxylation is 1. The van der Waals surface area contributed by atoms with E-state index in [1.807, 2.05) is 48.2 Å². The summed E-state index contributed by atoms with van der Waals surface area (Å²) in [7, 11) is -3.87. The summed E-state index contributed by atoms with van der Waals surface area (Å²) < 4.78 is 31.0. The first-order valence-electron chi connectivity index (χ1n) is 18.4. The van der Waals surface area contributed by atoms with Crippen LogP contribution in [0, 0.1) is 0 Å². The number of hydrogen-bond donors (Lipinski definition) is 6. The molecule has 8 rings (SSSR count). The number of amides is 2. The van der Waals surface area contributed by atoms with Gasteiger partial charge in [-0.1, -0.05) is 60.7 Å².